The highest BCUT2D eigenvalue weighted by Gasteiger charge is 2.27. The van der Waals surface area contributed by atoms with Crippen LogP contribution in [-0.2, 0) is 16.0 Å². The molecule has 0 radical (unpaired) electrons. The van der Waals surface area contributed by atoms with Crippen LogP contribution in [0.5, 0.6) is 0 Å². The lowest BCUT2D eigenvalue weighted by Gasteiger charge is -2.32. The lowest BCUT2D eigenvalue weighted by molar-refractivity contribution is -0.129. The SMILES string of the molecule is CC(=O)N1C=Cc2ccccc2C1CC(=O)NCCc1ccc(C(=O)O)cc1. The van der Waals surface area contributed by atoms with Crippen LogP contribution in [-0.4, -0.2) is 34.3 Å². The summed E-state index contributed by atoms with van der Waals surface area (Å²) >= 11 is 0. The molecule has 0 fully saturated rings. The first-order valence-corrected chi connectivity index (χ1v) is 9.10. The standard InChI is InChI=1S/C22H22N2O4/c1-15(25)24-13-11-17-4-2-3-5-19(17)20(24)14-21(26)23-12-10-16-6-8-18(9-7-16)22(27)28/h2-9,11,13,20H,10,12,14H2,1H3,(H,23,26)(H,27,28). The van der Waals surface area contributed by atoms with Gasteiger partial charge >= 0.3 is 5.97 Å². The molecule has 0 saturated carbocycles. The summed E-state index contributed by atoms with van der Waals surface area (Å²) in [6.45, 7) is 1.93. The number of carbonyl (C=O) groups excluding carboxylic acids is 2. The number of aromatic carboxylic acids is 1. The number of hydrogen-bond donors (Lipinski definition) is 2. The third kappa shape index (κ3) is 4.46. The fraction of sp³-hybridized carbons (Fsp3) is 0.227. The van der Waals surface area contributed by atoms with Crippen molar-refractivity contribution in [3.63, 3.8) is 0 Å². The summed E-state index contributed by atoms with van der Waals surface area (Å²) in [7, 11) is 0. The maximum atomic E-state index is 12.5. The normalized spacial score (nSPS) is 15.0. The number of carboxylic acid groups (broad SMARTS) is 1. The van der Waals surface area contributed by atoms with E-state index < -0.39 is 5.97 Å². The van der Waals surface area contributed by atoms with Crippen LogP contribution in [0.1, 0.15) is 46.4 Å². The highest BCUT2D eigenvalue weighted by molar-refractivity contribution is 5.87. The van der Waals surface area contributed by atoms with Gasteiger partial charge in [0.15, 0.2) is 0 Å². The van der Waals surface area contributed by atoms with Crippen LogP contribution >= 0.6 is 0 Å². The molecule has 0 saturated heterocycles. The van der Waals surface area contributed by atoms with E-state index in [1.54, 1.807) is 35.4 Å². The van der Waals surface area contributed by atoms with Crippen molar-refractivity contribution in [1.29, 1.82) is 0 Å². The first-order valence-electron chi connectivity index (χ1n) is 9.10. The highest BCUT2D eigenvalue weighted by atomic mass is 16.4. The quantitative estimate of drug-likeness (QED) is 0.809. The van der Waals surface area contributed by atoms with Crippen LogP contribution in [0.15, 0.2) is 54.7 Å². The summed E-state index contributed by atoms with van der Waals surface area (Å²) in [5, 5.41) is 11.8. The number of amides is 2. The predicted octanol–water partition coefficient (Wildman–Crippen LogP) is 3.01. The van der Waals surface area contributed by atoms with E-state index in [1.807, 2.05) is 30.3 Å². The van der Waals surface area contributed by atoms with E-state index >= 15 is 0 Å². The third-order valence-electron chi connectivity index (χ3n) is 4.78. The molecule has 1 heterocycles. The second-order valence-corrected chi connectivity index (χ2v) is 6.69. The van der Waals surface area contributed by atoms with Gasteiger partial charge in [-0.1, -0.05) is 36.4 Å². The summed E-state index contributed by atoms with van der Waals surface area (Å²) in [5.74, 6) is -1.21. The number of carboxylic acids is 1. The molecule has 6 nitrogen and oxygen atoms in total. The maximum absolute atomic E-state index is 12.5. The molecule has 1 unspecified atom stereocenters. The molecule has 2 amide bonds. The summed E-state index contributed by atoms with van der Waals surface area (Å²) < 4.78 is 0. The molecule has 6 heteroatoms. The summed E-state index contributed by atoms with van der Waals surface area (Å²) in [6, 6.07) is 14.0. The number of carbonyl (C=O) groups is 3. The third-order valence-corrected chi connectivity index (χ3v) is 4.78. The Balaban J connectivity index is 1.59. The van der Waals surface area contributed by atoms with Crippen molar-refractivity contribution in [2.45, 2.75) is 25.8 Å². The molecule has 0 bridgehead atoms. The van der Waals surface area contributed by atoms with Crippen molar-refractivity contribution >= 4 is 23.9 Å². The molecule has 0 aliphatic carbocycles. The Hall–Kier alpha value is -3.41. The van der Waals surface area contributed by atoms with Crippen molar-refractivity contribution < 1.29 is 19.5 Å². The van der Waals surface area contributed by atoms with E-state index in [0.717, 1.165) is 16.7 Å². The van der Waals surface area contributed by atoms with Gasteiger partial charge in [-0.15, -0.1) is 0 Å². The van der Waals surface area contributed by atoms with Crippen LogP contribution in [0.3, 0.4) is 0 Å². The first-order chi connectivity index (χ1) is 13.5. The fourth-order valence-corrected chi connectivity index (χ4v) is 3.32. The van der Waals surface area contributed by atoms with Crippen molar-refractivity contribution in [2.24, 2.45) is 0 Å². The zero-order valence-corrected chi connectivity index (χ0v) is 15.6. The lowest BCUT2D eigenvalue weighted by Crippen LogP contribution is -2.35. The van der Waals surface area contributed by atoms with Gasteiger partial charge in [-0.05, 0) is 41.3 Å². The van der Waals surface area contributed by atoms with Gasteiger partial charge in [0.05, 0.1) is 18.0 Å². The minimum Gasteiger partial charge on any atom is -0.478 e. The molecule has 2 aromatic carbocycles. The zero-order valence-electron chi connectivity index (χ0n) is 15.6. The van der Waals surface area contributed by atoms with Crippen molar-refractivity contribution in [3.05, 3.63) is 77.0 Å². The number of nitrogens with zero attached hydrogens (tertiary/aromatic N) is 1. The van der Waals surface area contributed by atoms with Crippen LogP contribution in [0.4, 0.5) is 0 Å². The van der Waals surface area contributed by atoms with Crippen LogP contribution in [0.2, 0.25) is 0 Å². The number of fused-ring (bicyclic) bond motifs is 1. The second-order valence-electron chi connectivity index (χ2n) is 6.69. The van der Waals surface area contributed by atoms with Gasteiger partial charge in [-0.2, -0.15) is 0 Å². The molecule has 144 valence electrons. The van der Waals surface area contributed by atoms with Crippen LogP contribution in [0.25, 0.3) is 6.08 Å². The van der Waals surface area contributed by atoms with Gasteiger partial charge in [0, 0.05) is 19.7 Å². The molecule has 2 aromatic rings. The van der Waals surface area contributed by atoms with E-state index in [-0.39, 0.29) is 29.8 Å². The topological polar surface area (TPSA) is 86.7 Å². The minimum atomic E-state index is -0.961. The number of nitrogens with one attached hydrogen (secondary N) is 1. The Kier molecular flexibility index (Phi) is 5.89. The molecule has 0 spiro atoms. The molecule has 2 N–H and O–H groups in total. The van der Waals surface area contributed by atoms with Gasteiger partial charge in [0.2, 0.25) is 11.8 Å². The summed E-state index contributed by atoms with van der Waals surface area (Å²) in [6.07, 6.45) is 4.39. The largest absolute Gasteiger partial charge is 0.478 e. The predicted molar refractivity (Wildman–Crippen MR) is 105 cm³/mol. The Labute approximate surface area is 163 Å². The van der Waals surface area contributed by atoms with Crippen molar-refractivity contribution in [2.75, 3.05) is 6.54 Å². The van der Waals surface area contributed by atoms with E-state index in [4.69, 9.17) is 5.11 Å². The highest BCUT2D eigenvalue weighted by Crippen LogP contribution is 2.32. The lowest BCUT2D eigenvalue weighted by atomic mass is 9.93. The number of hydrogen-bond acceptors (Lipinski definition) is 3. The Morgan fingerprint density at radius 3 is 2.46 bits per heavy atom. The molecular weight excluding hydrogens is 356 g/mol. The van der Waals surface area contributed by atoms with Crippen molar-refractivity contribution in [1.82, 2.24) is 10.2 Å². The molecule has 1 atom stereocenters. The zero-order chi connectivity index (χ0) is 20.1. The van der Waals surface area contributed by atoms with E-state index in [0.29, 0.717) is 13.0 Å². The van der Waals surface area contributed by atoms with Crippen molar-refractivity contribution in [3.8, 4) is 0 Å². The van der Waals surface area contributed by atoms with Gasteiger partial charge in [-0.25, -0.2) is 4.79 Å². The maximum Gasteiger partial charge on any atom is 0.335 e. The molecule has 1 aliphatic heterocycles. The second kappa shape index (κ2) is 8.52. The Bertz CT molecular complexity index is 918. The van der Waals surface area contributed by atoms with Gasteiger partial charge < -0.3 is 15.3 Å². The van der Waals surface area contributed by atoms with Crippen LogP contribution < -0.4 is 5.32 Å². The number of benzene rings is 2. The van der Waals surface area contributed by atoms with E-state index in [9.17, 15) is 14.4 Å². The van der Waals surface area contributed by atoms with Gasteiger partial charge in [0.1, 0.15) is 0 Å². The molecule has 3 rings (SSSR count). The van der Waals surface area contributed by atoms with E-state index in [1.165, 1.54) is 6.92 Å². The first kappa shape index (κ1) is 19.4. The van der Waals surface area contributed by atoms with Crippen LogP contribution in [0, 0.1) is 0 Å². The number of rotatable bonds is 6. The summed E-state index contributed by atoms with van der Waals surface area (Å²) in [4.78, 5) is 36.9. The monoisotopic (exact) mass is 378 g/mol. The van der Waals surface area contributed by atoms with Gasteiger partial charge in [-0.3, -0.25) is 9.59 Å². The average Bonchev–Trinajstić information content (AvgIpc) is 2.68. The molecular formula is C22H22N2O4. The Morgan fingerprint density at radius 2 is 1.79 bits per heavy atom. The Morgan fingerprint density at radius 1 is 1.07 bits per heavy atom. The molecule has 0 aromatic heterocycles. The minimum absolute atomic E-state index is 0.109. The smallest absolute Gasteiger partial charge is 0.335 e. The van der Waals surface area contributed by atoms with Gasteiger partial charge in [0.25, 0.3) is 0 Å². The summed E-state index contributed by atoms with van der Waals surface area (Å²) in [5.41, 5.74) is 3.15. The van der Waals surface area contributed by atoms with E-state index in [2.05, 4.69) is 5.32 Å². The molecule has 28 heavy (non-hydrogen) atoms. The average molecular weight is 378 g/mol. The fourth-order valence-electron chi connectivity index (χ4n) is 3.32. The molecule has 1 aliphatic rings.